The quantitative estimate of drug-likeness (QED) is 0.630. The van der Waals surface area contributed by atoms with Crippen molar-refractivity contribution in [3.63, 3.8) is 0 Å². The lowest BCUT2D eigenvalue weighted by Gasteiger charge is -2.15. The van der Waals surface area contributed by atoms with E-state index in [-0.39, 0.29) is 17.3 Å². The van der Waals surface area contributed by atoms with Crippen LogP contribution in [0.15, 0.2) is 12.3 Å². The Balaban J connectivity index is 2.72. The van der Waals surface area contributed by atoms with Crippen molar-refractivity contribution < 1.29 is 23.8 Å². The van der Waals surface area contributed by atoms with Crippen LogP contribution in [0.25, 0.3) is 0 Å². The Morgan fingerprint density at radius 1 is 1.55 bits per heavy atom. The number of halogens is 1. The van der Waals surface area contributed by atoms with Gasteiger partial charge in [0.1, 0.15) is 23.2 Å². The molecule has 8 heteroatoms. The Labute approximate surface area is 115 Å². The van der Waals surface area contributed by atoms with Crippen molar-refractivity contribution in [3.05, 3.63) is 23.6 Å². The summed E-state index contributed by atoms with van der Waals surface area (Å²) in [5.41, 5.74) is -0.332. The number of hydrogen-bond acceptors (Lipinski definition) is 5. The summed E-state index contributed by atoms with van der Waals surface area (Å²) in [5, 5.41) is 14.2. The van der Waals surface area contributed by atoms with Gasteiger partial charge in [0, 0.05) is 13.7 Å². The molecule has 3 N–H and O–H groups in total. The van der Waals surface area contributed by atoms with Crippen molar-refractivity contribution in [2.24, 2.45) is 0 Å². The zero-order valence-electron chi connectivity index (χ0n) is 11.1. The average Bonchev–Trinajstić information content (AvgIpc) is 2.40. The predicted molar refractivity (Wildman–Crippen MR) is 69.1 cm³/mol. The molecule has 0 saturated heterocycles. The molecular weight excluding hydrogens is 269 g/mol. The highest BCUT2D eigenvalue weighted by Crippen LogP contribution is 2.14. The van der Waals surface area contributed by atoms with Crippen molar-refractivity contribution in [1.82, 2.24) is 10.3 Å². The summed E-state index contributed by atoms with van der Waals surface area (Å²) in [7, 11) is 1.51. The van der Waals surface area contributed by atoms with Crippen LogP contribution in [0.4, 0.5) is 10.2 Å². The van der Waals surface area contributed by atoms with Gasteiger partial charge in [-0.25, -0.2) is 14.2 Å². The number of hydrogen-bond donors (Lipinski definition) is 3. The van der Waals surface area contributed by atoms with Crippen molar-refractivity contribution in [3.8, 4) is 0 Å². The van der Waals surface area contributed by atoms with Gasteiger partial charge in [-0.1, -0.05) is 0 Å². The molecule has 1 heterocycles. The van der Waals surface area contributed by atoms with Crippen LogP contribution in [0.2, 0.25) is 0 Å². The molecule has 0 spiro atoms. The third-order valence-corrected chi connectivity index (χ3v) is 2.44. The van der Waals surface area contributed by atoms with Crippen molar-refractivity contribution >= 4 is 17.7 Å². The molecule has 0 aliphatic heterocycles. The van der Waals surface area contributed by atoms with Gasteiger partial charge < -0.3 is 20.5 Å². The molecule has 1 unspecified atom stereocenters. The molecule has 1 aromatic heterocycles. The van der Waals surface area contributed by atoms with Gasteiger partial charge in [0.05, 0.1) is 12.8 Å². The van der Waals surface area contributed by atoms with Crippen LogP contribution in [0, 0.1) is 5.82 Å². The summed E-state index contributed by atoms with van der Waals surface area (Å²) in [4.78, 5) is 26.3. The van der Waals surface area contributed by atoms with Crippen LogP contribution >= 0.6 is 0 Å². The smallest absolute Gasteiger partial charge is 0.339 e. The van der Waals surface area contributed by atoms with Crippen LogP contribution < -0.4 is 10.6 Å². The highest BCUT2D eigenvalue weighted by molar-refractivity contribution is 5.94. The van der Waals surface area contributed by atoms with E-state index in [0.717, 1.165) is 12.3 Å². The van der Waals surface area contributed by atoms with Gasteiger partial charge >= 0.3 is 5.97 Å². The summed E-state index contributed by atoms with van der Waals surface area (Å²) in [5.74, 6) is -2.49. The Kier molecular flexibility index (Phi) is 5.85. The van der Waals surface area contributed by atoms with Crippen LogP contribution in [0.3, 0.4) is 0 Å². The third kappa shape index (κ3) is 4.47. The minimum atomic E-state index is -1.33. The maximum Gasteiger partial charge on any atom is 0.339 e. The number of carbonyl (C=O) groups excluding carboxylic acids is 1. The predicted octanol–water partition coefficient (Wildman–Crippen LogP) is 0.482. The summed E-state index contributed by atoms with van der Waals surface area (Å²) in [6.07, 6.45) is 0.879. The first kappa shape index (κ1) is 15.8. The number of methoxy groups -OCH3 is 1. The van der Waals surface area contributed by atoms with E-state index < -0.39 is 17.8 Å². The SMILES string of the molecule is COCCNC(=O)C(C)Nc1ncc(F)cc1C(=O)O. The zero-order chi connectivity index (χ0) is 15.1. The highest BCUT2D eigenvalue weighted by Gasteiger charge is 2.18. The summed E-state index contributed by atoms with van der Waals surface area (Å²) in [6, 6.07) is 0.121. The molecule has 1 amide bonds. The number of nitrogens with zero attached hydrogens (tertiary/aromatic N) is 1. The number of ether oxygens (including phenoxy) is 1. The maximum absolute atomic E-state index is 13.0. The highest BCUT2D eigenvalue weighted by atomic mass is 19.1. The molecule has 0 aliphatic carbocycles. The lowest BCUT2D eigenvalue weighted by Crippen LogP contribution is -2.39. The van der Waals surface area contributed by atoms with E-state index in [2.05, 4.69) is 15.6 Å². The van der Waals surface area contributed by atoms with Gasteiger partial charge in [-0.3, -0.25) is 4.79 Å². The van der Waals surface area contributed by atoms with E-state index in [4.69, 9.17) is 9.84 Å². The lowest BCUT2D eigenvalue weighted by atomic mass is 10.2. The first-order chi connectivity index (χ1) is 9.45. The maximum atomic E-state index is 13.0. The number of nitrogens with one attached hydrogen (secondary N) is 2. The van der Waals surface area contributed by atoms with Gasteiger partial charge in [-0.05, 0) is 13.0 Å². The van der Waals surface area contributed by atoms with Crippen molar-refractivity contribution in [2.45, 2.75) is 13.0 Å². The molecule has 20 heavy (non-hydrogen) atoms. The number of aromatic carboxylic acids is 1. The van der Waals surface area contributed by atoms with Gasteiger partial charge in [0.25, 0.3) is 0 Å². The fourth-order valence-electron chi connectivity index (χ4n) is 1.42. The van der Waals surface area contributed by atoms with E-state index in [1.54, 1.807) is 6.92 Å². The monoisotopic (exact) mass is 285 g/mol. The first-order valence-corrected chi connectivity index (χ1v) is 5.87. The third-order valence-electron chi connectivity index (χ3n) is 2.44. The van der Waals surface area contributed by atoms with E-state index in [1.165, 1.54) is 7.11 Å². The van der Waals surface area contributed by atoms with Gasteiger partial charge in [-0.2, -0.15) is 0 Å². The van der Waals surface area contributed by atoms with Gasteiger partial charge in [0.15, 0.2) is 0 Å². The number of anilines is 1. The Hall–Kier alpha value is -2.22. The molecule has 1 rings (SSSR count). The topological polar surface area (TPSA) is 101 Å². The second-order valence-corrected chi connectivity index (χ2v) is 4.00. The fourth-order valence-corrected chi connectivity index (χ4v) is 1.42. The molecular formula is C12H16FN3O4. The summed E-state index contributed by atoms with van der Waals surface area (Å²) < 4.78 is 17.7. The van der Waals surface area contributed by atoms with E-state index in [0.29, 0.717) is 13.2 Å². The number of pyridine rings is 1. The van der Waals surface area contributed by atoms with Crippen LogP contribution in [-0.4, -0.2) is 48.3 Å². The van der Waals surface area contributed by atoms with E-state index in [1.807, 2.05) is 0 Å². The Morgan fingerprint density at radius 2 is 2.25 bits per heavy atom. The minimum Gasteiger partial charge on any atom is -0.478 e. The molecule has 1 atom stereocenters. The molecule has 0 aliphatic rings. The molecule has 0 aromatic carbocycles. The largest absolute Gasteiger partial charge is 0.478 e. The molecule has 7 nitrogen and oxygen atoms in total. The Morgan fingerprint density at radius 3 is 2.85 bits per heavy atom. The van der Waals surface area contributed by atoms with Crippen molar-refractivity contribution in [1.29, 1.82) is 0 Å². The number of carbonyl (C=O) groups is 2. The first-order valence-electron chi connectivity index (χ1n) is 5.87. The average molecular weight is 285 g/mol. The summed E-state index contributed by atoms with van der Waals surface area (Å²) >= 11 is 0. The van der Waals surface area contributed by atoms with Crippen molar-refractivity contribution in [2.75, 3.05) is 25.6 Å². The molecule has 0 fully saturated rings. The normalized spacial score (nSPS) is 11.8. The van der Waals surface area contributed by atoms with Gasteiger partial charge in [-0.15, -0.1) is 0 Å². The van der Waals surface area contributed by atoms with E-state index in [9.17, 15) is 14.0 Å². The lowest BCUT2D eigenvalue weighted by molar-refractivity contribution is -0.121. The number of rotatable bonds is 7. The van der Waals surface area contributed by atoms with Crippen LogP contribution in [0.1, 0.15) is 17.3 Å². The number of amides is 1. The zero-order valence-corrected chi connectivity index (χ0v) is 11.1. The minimum absolute atomic E-state index is 0.0618. The van der Waals surface area contributed by atoms with E-state index >= 15 is 0 Å². The number of aromatic nitrogens is 1. The van der Waals surface area contributed by atoms with Crippen LogP contribution in [0.5, 0.6) is 0 Å². The molecule has 1 aromatic rings. The number of carboxylic acids is 1. The number of carboxylic acid groups (broad SMARTS) is 1. The summed E-state index contributed by atoms with van der Waals surface area (Å²) in [6.45, 7) is 2.25. The second kappa shape index (κ2) is 7.39. The molecule has 110 valence electrons. The molecule has 0 bridgehead atoms. The Bertz CT molecular complexity index is 496. The van der Waals surface area contributed by atoms with Gasteiger partial charge in [0.2, 0.25) is 5.91 Å². The second-order valence-electron chi connectivity index (χ2n) is 4.00. The molecule has 0 saturated carbocycles. The molecule has 0 radical (unpaired) electrons. The van der Waals surface area contributed by atoms with Crippen LogP contribution in [-0.2, 0) is 9.53 Å². The fraction of sp³-hybridized carbons (Fsp3) is 0.417. The standard InChI is InChI=1S/C12H16FN3O4/c1-7(11(17)14-3-4-20-2)16-10-9(12(18)19)5-8(13)6-15-10/h5-7H,3-4H2,1-2H3,(H,14,17)(H,15,16)(H,18,19).